The van der Waals surface area contributed by atoms with Gasteiger partial charge in [0.25, 0.3) is 0 Å². The highest BCUT2D eigenvalue weighted by atomic mass is 35.5. The van der Waals surface area contributed by atoms with Gasteiger partial charge in [0.2, 0.25) is 5.95 Å². The summed E-state index contributed by atoms with van der Waals surface area (Å²) in [7, 11) is -3.25. The molecule has 29 heavy (non-hydrogen) atoms. The number of nitrogens with one attached hydrogen (secondary N) is 2. The molecule has 152 valence electrons. The van der Waals surface area contributed by atoms with Crippen molar-refractivity contribution >= 4 is 50.5 Å². The van der Waals surface area contributed by atoms with Crippen LogP contribution >= 0.6 is 23.2 Å². The molecule has 0 amide bonds. The van der Waals surface area contributed by atoms with Crippen LogP contribution < -0.4 is 16.4 Å². The topological polar surface area (TPSA) is 110 Å². The van der Waals surface area contributed by atoms with Gasteiger partial charge in [0.05, 0.1) is 20.6 Å². The second-order valence-corrected chi connectivity index (χ2v) is 9.05. The van der Waals surface area contributed by atoms with Crippen LogP contribution in [-0.2, 0) is 9.84 Å². The Morgan fingerprint density at radius 1 is 1.00 bits per heavy atom. The zero-order chi connectivity index (χ0) is 21.0. The number of anilines is 3. The van der Waals surface area contributed by atoms with E-state index in [1.54, 1.807) is 48.5 Å². The number of rotatable bonds is 7. The van der Waals surface area contributed by atoms with Crippen LogP contribution in [0.1, 0.15) is 0 Å². The highest BCUT2D eigenvalue weighted by molar-refractivity contribution is 7.90. The number of hydrogen-bond donors (Lipinski definition) is 3. The van der Waals surface area contributed by atoms with Gasteiger partial charge in [0.15, 0.2) is 9.84 Å². The van der Waals surface area contributed by atoms with Gasteiger partial charge in [-0.15, -0.1) is 0 Å². The van der Waals surface area contributed by atoms with Crippen molar-refractivity contribution in [1.82, 2.24) is 9.97 Å². The third-order valence-electron chi connectivity index (χ3n) is 3.99. The van der Waals surface area contributed by atoms with E-state index in [9.17, 15) is 8.42 Å². The first kappa shape index (κ1) is 21.2. The van der Waals surface area contributed by atoms with Crippen molar-refractivity contribution in [1.29, 1.82) is 0 Å². The number of nitrogen functional groups attached to an aromatic ring is 1. The van der Waals surface area contributed by atoms with Crippen LogP contribution in [0.4, 0.5) is 17.5 Å². The maximum atomic E-state index is 11.6. The summed E-state index contributed by atoms with van der Waals surface area (Å²) < 4.78 is 23.3. The molecule has 0 spiro atoms. The summed E-state index contributed by atoms with van der Waals surface area (Å²) >= 11 is 12.3. The highest BCUT2D eigenvalue weighted by Crippen LogP contribution is 2.33. The number of benzene rings is 2. The van der Waals surface area contributed by atoms with Gasteiger partial charge < -0.3 is 16.4 Å². The van der Waals surface area contributed by atoms with Crippen molar-refractivity contribution in [2.24, 2.45) is 0 Å². The first-order valence-corrected chi connectivity index (χ1v) is 11.3. The summed E-state index contributed by atoms with van der Waals surface area (Å²) in [5.74, 6) is 0.644. The fraction of sp³-hybridized carbons (Fsp3) is 0.158. The number of hydrogen-bond acceptors (Lipinski definition) is 7. The average molecular weight is 452 g/mol. The molecule has 0 aliphatic heterocycles. The Labute approximate surface area is 179 Å². The number of sulfone groups is 1. The van der Waals surface area contributed by atoms with Crippen LogP contribution in [-0.4, -0.2) is 37.7 Å². The van der Waals surface area contributed by atoms with Crippen molar-refractivity contribution in [3.05, 3.63) is 58.6 Å². The molecule has 0 saturated carbocycles. The third kappa shape index (κ3) is 5.50. The smallest absolute Gasteiger partial charge is 0.222 e. The van der Waals surface area contributed by atoms with E-state index in [0.29, 0.717) is 45.9 Å². The molecule has 0 aliphatic rings. The Hall–Kier alpha value is -2.55. The molecule has 7 nitrogen and oxygen atoms in total. The molecule has 0 radical (unpaired) electrons. The zero-order valence-corrected chi connectivity index (χ0v) is 17.8. The van der Waals surface area contributed by atoms with Crippen LogP contribution in [0.2, 0.25) is 10.0 Å². The van der Waals surface area contributed by atoms with Crippen LogP contribution in [0.3, 0.4) is 0 Å². The molecule has 1 aromatic heterocycles. The van der Waals surface area contributed by atoms with Crippen molar-refractivity contribution in [3.63, 3.8) is 0 Å². The van der Waals surface area contributed by atoms with Gasteiger partial charge in [-0.3, -0.25) is 0 Å². The monoisotopic (exact) mass is 451 g/mol. The molecule has 3 rings (SSSR count). The average Bonchev–Trinajstić information content (AvgIpc) is 2.66. The fourth-order valence-corrected chi connectivity index (χ4v) is 3.69. The lowest BCUT2D eigenvalue weighted by Gasteiger charge is -2.11. The van der Waals surface area contributed by atoms with Crippen LogP contribution in [0.15, 0.2) is 53.4 Å². The standard InChI is InChI=1S/C19H19Cl2N5O2S/c1-29(27,28)13-5-2-4-12(10-13)23-8-9-24-17-11-16(25-19(22)26-17)14-6-3-7-15(20)18(14)21/h2-7,10-11,23H,8-9H2,1H3,(H3,22,24,25,26). The van der Waals surface area contributed by atoms with Crippen molar-refractivity contribution in [3.8, 4) is 11.3 Å². The maximum absolute atomic E-state index is 11.6. The molecule has 0 aliphatic carbocycles. The lowest BCUT2D eigenvalue weighted by atomic mass is 10.1. The van der Waals surface area contributed by atoms with Gasteiger partial charge >= 0.3 is 0 Å². The summed E-state index contributed by atoms with van der Waals surface area (Å²) in [5.41, 5.74) is 7.75. The molecule has 10 heteroatoms. The largest absolute Gasteiger partial charge is 0.383 e. The molecule has 0 bridgehead atoms. The molecule has 2 aromatic carbocycles. The number of aromatic nitrogens is 2. The molecular weight excluding hydrogens is 433 g/mol. The second kappa shape index (κ2) is 8.86. The van der Waals surface area contributed by atoms with Crippen molar-refractivity contribution in [2.75, 3.05) is 35.7 Å². The van der Waals surface area contributed by atoms with E-state index < -0.39 is 9.84 Å². The van der Waals surface area contributed by atoms with E-state index >= 15 is 0 Å². The van der Waals surface area contributed by atoms with Crippen LogP contribution in [0, 0.1) is 0 Å². The Morgan fingerprint density at radius 3 is 2.48 bits per heavy atom. The van der Waals surface area contributed by atoms with E-state index in [1.165, 1.54) is 6.26 Å². The SMILES string of the molecule is CS(=O)(=O)c1cccc(NCCNc2cc(-c3cccc(Cl)c3Cl)nc(N)n2)c1. The van der Waals surface area contributed by atoms with Gasteiger partial charge in [-0.25, -0.2) is 13.4 Å². The van der Waals surface area contributed by atoms with Gasteiger partial charge in [-0.2, -0.15) is 4.98 Å². The van der Waals surface area contributed by atoms with Gasteiger partial charge in [0, 0.05) is 36.7 Å². The molecule has 0 unspecified atom stereocenters. The van der Waals surface area contributed by atoms with Gasteiger partial charge in [0.1, 0.15) is 5.82 Å². The Kier molecular flexibility index (Phi) is 6.46. The van der Waals surface area contributed by atoms with Gasteiger partial charge in [-0.1, -0.05) is 41.4 Å². The summed E-state index contributed by atoms with van der Waals surface area (Å²) in [5, 5.41) is 7.14. The molecule has 4 N–H and O–H groups in total. The lowest BCUT2D eigenvalue weighted by molar-refractivity contribution is 0.602. The molecule has 0 saturated heterocycles. The molecule has 1 heterocycles. The molecule has 3 aromatic rings. The molecular formula is C19H19Cl2N5O2S. The number of nitrogens with zero attached hydrogens (tertiary/aromatic N) is 2. The van der Waals surface area contributed by atoms with Crippen LogP contribution in [0.5, 0.6) is 0 Å². The van der Waals surface area contributed by atoms with Crippen molar-refractivity contribution in [2.45, 2.75) is 4.90 Å². The first-order valence-electron chi connectivity index (χ1n) is 8.61. The third-order valence-corrected chi connectivity index (χ3v) is 5.92. The Bertz CT molecular complexity index is 1140. The predicted molar refractivity (Wildman–Crippen MR) is 118 cm³/mol. The number of halogens is 2. The minimum Gasteiger partial charge on any atom is -0.383 e. The Balaban J connectivity index is 1.66. The molecule has 0 atom stereocenters. The van der Waals surface area contributed by atoms with Gasteiger partial charge in [-0.05, 0) is 24.3 Å². The predicted octanol–water partition coefficient (Wildman–Crippen LogP) is 3.96. The summed E-state index contributed by atoms with van der Waals surface area (Å²) in [6.07, 6.45) is 1.18. The van der Waals surface area contributed by atoms with E-state index in [0.717, 1.165) is 0 Å². The number of nitrogens with two attached hydrogens (primary N) is 1. The molecule has 0 fully saturated rings. The zero-order valence-electron chi connectivity index (χ0n) is 15.5. The van der Waals surface area contributed by atoms with E-state index in [1.807, 2.05) is 0 Å². The Morgan fingerprint density at radius 2 is 1.72 bits per heavy atom. The summed E-state index contributed by atoms with van der Waals surface area (Å²) in [4.78, 5) is 8.67. The van der Waals surface area contributed by atoms with E-state index in [4.69, 9.17) is 28.9 Å². The summed E-state index contributed by atoms with van der Waals surface area (Å²) in [6, 6.07) is 13.7. The quantitative estimate of drug-likeness (QED) is 0.466. The minimum atomic E-state index is -3.25. The second-order valence-electron chi connectivity index (χ2n) is 6.25. The van der Waals surface area contributed by atoms with Crippen molar-refractivity contribution < 1.29 is 8.42 Å². The maximum Gasteiger partial charge on any atom is 0.222 e. The summed E-state index contributed by atoms with van der Waals surface area (Å²) in [6.45, 7) is 1.05. The fourth-order valence-electron chi connectivity index (χ4n) is 2.63. The van der Waals surface area contributed by atoms with Crippen LogP contribution in [0.25, 0.3) is 11.3 Å². The highest BCUT2D eigenvalue weighted by Gasteiger charge is 2.11. The minimum absolute atomic E-state index is 0.106. The van der Waals surface area contributed by atoms with E-state index in [2.05, 4.69) is 20.6 Å². The normalized spacial score (nSPS) is 11.3. The van der Waals surface area contributed by atoms with E-state index in [-0.39, 0.29) is 10.8 Å². The first-order chi connectivity index (χ1) is 13.7. The lowest BCUT2D eigenvalue weighted by Crippen LogP contribution is -2.15.